The molecule has 1 unspecified atom stereocenters. The third-order valence-electron chi connectivity index (χ3n) is 10.1. The molecule has 0 saturated carbocycles. The smallest absolute Gasteiger partial charge is 0.235 e. The number of fused-ring (bicyclic) bond motifs is 13. The normalized spacial score (nSPS) is 14.3. The van der Waals surface area contributed by atoms with Crippen LogP contribution in [0.1, 0.15) is 1.37 Å². The monoisotopic (exact) mass is 686 g/mol. The average Bonchev–Trinajstić information content (AvgIpc) is 3.60. The number of rotatable bonds is 3. The summed E-state index contributed by atoms with van der Waals surface area (Å²) in [4.78, 5) is 11.0. The van der Waals surface area contributed by atoms with Gasteiger partial charge in [0, 0.05) is 58.2 Å². The van der Waals surface area contributed by atoms with Gasteiger partial charge in [0.2, 0.25) is 5.95 Å². The van der Waals surface area contributed by atoms with E-state index in [9.17, 15) is 0 Å². The zero-order valence-corrected chi connectivity index (χ0v) is 29.0. The maximum atomic E-state index is 8.96. The van der Waals surface area contributed by atoms with E-state index in [4.69, 9.17) is 11.3 Å². The second-order valence-corrected chi connectivity index (χ2v) is 16.0. The lowest BCUT2D eigenvalue weighted by atomic mass is 9.90. The SMILES string of the molecule is [2H]c1ccccc1-c1nc(N2c3c(c4ccccc4c4sc5ccccc5c34)-c3c(ccc4ccccc34)P2c2ccccc2)nc2ccccc12. The van der Waals surface area contributed by atoms with Crippen molar-refractivity contribution in [2.75, 3.05) is 4.67 Å². The van der Waals surface area contributed by atoms with Crippen LogP contribution >= 0.6 is 19.4 Å². The van der Waals surface area contributed by atoms with Gasteiger partial charge in [0.05, 0.1) is 26.3 Å². The van der Waals surface area contributed by atoms with E-state index in [0.29, 0.717) is 12.0 Å². The van der Waals surface area contributed by atoms with Crippen molar-refractivity contribution in [1.29, 1.82) is 0 Å². The highest BCUT2D eigenvalue weighted by Gasteiger charge is 2.39. The molecule has 0 amide bonds. The maximum absolute atomic E-state index is 8.96. The van der Waals surface area contributed by atoms with E-state index in [0.717, 1.165) is 27.8 Å². The molecule has 51 heavy (non-hydrogen) atoms. The summed E-state index contributed by atoms with van der Waals surface area (Å²) in [5.41, 5.74) is 6.06. The number of benzene rings is 8. The molecule has 0 bridgehead atoms. The van der Waals surface area contributed by atoms with Crippen LogP contribution in [0.2, 0.25) is 0 Å². The van der Waals surface area contributed by atoms with Crippen LogP contribution in [0.15, 0.2) is 170 Å². The molecule has 3 heterocycles. The van der Waals surface area contributed by atoms with Gasteiger partial charge in [-0.05, 0) is 28.3 Å². The molecule has 0 aliphatic carbocycles. The van der Waals surface area contributed by atoms with Gasteiger partial charge in [-0.15, -0.1) is 11.3 Å². The van der Waals surface area contributed by atoms with Crippen LogP contribution in [0.5, 0.6) is 0 Å². The van der Waals surface area contributed by atoms with E-state index >= 15 is 0 Å². The highest BCUT2D eigenvalue weighted by Crippen LogP contribution is 2.62. The van der Waals surface area contributed by atoms with Crippen LogP contribution < -0.4 is 15.3 Å². The topological polar surface area (TPSA) is 29.0 Å². The quantitative estimate of drug-likeness (QED) is 0.173. The molecule has 3 nitrogen and oxygen atoms in total. The Balaban J connectivity index is 1.38. The van der Waals surface area contributed by atoms with Crippen LogP contribution in [0.4, 0.5) is 11.6 Å². The molecule has 5 heteroatoms. The number of thiophene rings is 1. The first-order valence-corrected chi connectivity index (χ1v) is 19.2. The lowest BCUT2D eigenvalue weighted by Crippen LogP contribution is -2.31. The molecule has 2 aromatic heterocycles. The van der Waals surface area contributed by atoms with Gasteiger partial charge in [-0.3, -0.25) is 4.67 Å². The van der Waals surface area contributed by atoms with Crippen molar-refractivity contribution in [2.24, 2.45) is 0 Å². The van der Waals surface area contributed by atoms with E-state index in [1.54, 1.807) is 0 Å². The lowest BCUT2D eigenvalue weighted by Gasteiger charge is -2.40. The number of hydrogen-bond acceptors (Lipinski definition) is 4. The zero-order chi connectivity index (χ0) is 34.3. The molecule has 0 fully saturated rings. The first-order valence-electron chi connectivity index (χ1n) is 17.6. The number of nitrogens with zero attached hydrogens (tertiary/aromatic N) is 3. The Morgan fingerprint density at radius 3 is 2.10 bits per heavy atom. The van der Waals surface area contributed by atoms with E-state index in [-0.39, 0.29) is 0 Å². The van der Waals surface area contributed by atoms with Gasteiger partial charge in [-0.1, -0.05) is 158 Å². The van der Waals surface area contributed by atoms with E-state index in [1.807, 2.05) is 47.7 Å². The summed E-state index contributed by atoms with van der Waals surface area (Å²) in [6.07, 6.45) is 0. The summed E-state index contributed by atoms with van der Waals surface area (Å²) in [6.45, 7) is 0. The fourth-order valence-electron chi connectivity index (χ4n) is 7.91. The number of hydrogen-bond donors (Lipinski definition) is 0. The predicted molar refractivity (Wildman–Crippen MR) is 220 cm³/mol. The van der Waals surface area contributed by atoms with E-state index in [2.05, 4.69) is 132 Å². The molecular formula is C46H28N3PS. The predicted octanol–water partition coefficient (Wildman–Crippen LogP) is 12.1. The second kappa shape index (κ2) is 11.3. The third-order valence-corrected chi connectivity index (χ3v) is 13.7. The summed E-state index contributed by atoms with van der Waals surface area (Å²) in [7, 11) is -1.23. The first-order chi connectivity index (χ1) is 25.7. The van der Waals surface area contributed by atoms with E-state index in [1.165, 1.54) is 63.5 Å². The van der Waals surface area contributed by atoms with Crippen LogP contribution in [0, 0.1) is 0 Å². The largest absolute Gasteiger partial charge is 0.279 e. The lowest BCUT2D eigenvalue weighted by molar-refractivity contribution is 1.17. The van der Waals surface area contributed by atoms with Crippen LogP contribution in [0.25, 0.3) is 75.0 Å². The van der Waals surface area contributed by atoms with Crippen molar-refractivity contribution in [3.8, 4) is 22.4 Å². The Kier molecular flexibility index (Phi) is 6.17. The number of aromatic nitrogens is 2. The Bertz CT molecular complexity index is 3070. The Labute approximate surface area is 301 Å². The molecule has 1 aliphatic heterocycles. The summed E-state index contributed by atoms with van der Waals surface area (Å²) in [5.74, 6) is 0.638. The molecule has 0 spiro atoms. The van der Waals surface area contributed by atoms with Crippen LogP contribution in [0.3, 0.4) is 0 Å². The molecule has 0 saturated heterocycles. The van der Waals surface area contributed by atoms with Gasteiger partial charge >= 0.3 is 0 Å². The Hall–Kier alpha value is -5.93. The summed E-state index contributed by atoms with van der Waals surface area (Å²) in [5, 5.41) is 10.8. The Morgan fingerprint density at radius 1 is 0.549 bits per heavy atom. The van der Waals surface area contributed by atoms with Gasteiger partial charge in [-0.25, -0.2) is 9.97 Å². The molecule has 8 aromatic carbocycles. The van der Waals surface area contributed by atoms with Crippen LogP contribution in [-0.2, 0) is 0 Å². The van der Waals surface area contributed by atoms with E-state index < -0.39 is 8.07 Å². The molecule has 1 atom stereocenters. The van der Waals surface area contributed by atoms with Gasteiger partial charge < -0.3 is 0 Å². The third kappa shape index (κ3) is 4.28. The molecule has 0 radical (unpaired) electrons. The van der Waals surface area contributed by atoms with Crippen molar-refractivity contribution in [3.05, 3.63) is 170 Å². The Morgan fingerprint density at radius 2 is 1.24 bits per heavy atom. The fraction of sp³-hybridized carbons (Fsp3) is 0. The van der Waals surface area contributed by atoms with Gasteiger partial charge in [-0.2, -0.15) is 0 Å². The van der Waals surface area contributed by atoms with Crippen molar-refractivity contribution >= 4 is 94.3 Å². The standard InChI is InChI=1S/C46H28N3PS/c1-3-16-30(17-4-1)43-35-23-11-13-25-37(35)47-46(48-43)49-44-41(33-21-9-10-22-34(33)45-42(44)36-24-12-14-26-39(36)51-45)40-32-20-8-7-15-29(32)27-28-38(40)50(49)31-18-5-2-6-19-31/h1-28H/i16D. The molecular weight excluding hydrogens is 658 g/mol. The maximum Gasteiger partial charge on any atom is 0.235 e. The van der Waals surface area contributed by atoms with Crippen LogP contribution in [-0.4, -0.2) is 9.97 Å². The summed E-state index contributed by atoms with van der Waals surface area (Å²) >= 11 is 1.86. The minimum absolute atomic E-state index is 0.440. The molecule has 10 aromatic rings. The molecule has 1 aliphatic rings. The first kappa shape index (κ1) is 27.8. The van der Waals surface area contributed by atoms with Crippen molar-refractivity contribution < 1.29 is 1.37 Å². The van der Waals surface area contributed by atoms with Gasteiger partial charge in [0.1, 0.15) is 0 Å². The highest BCUT2D eigenvalue weighted by molar-refractivity contribution is 7.75. The van der Waals surface area contributed by atoms with Crippen molar-refractivity contribution in [1.82, 2.24) is 9.97 Å². The summed E-state index contributed by atoms with van der Waals surface area (Å²) < 4.78 is 14.0. The molecule has 0 N–H and O–H groups in total. The van der Waals surface area contributed by atoms with Gasteiger partial charge in [0.15, 0.2) is 0 Å². The molecule has 11 rings (SSSR count). The summed E-state index contributed by atoms with van der Waals surface area (Å²) in [6, 6.07) is 58.5. The minimum Gasteiger partial charge on any atom is -0.279 e. The minimum atomic E-state index is -1.23. The zero-order valence-electron chi connectivity index (χ0n) is 28.3. The average molecular weight is 687 g/mol. The van der Waals surface area contributed by atoms with Crippen molar-refractivity contribution in [3.63, 3.8) is 0 Å². The van der Waals surface area contributed by atoms with Gasteiger partial charge in [0.25, 0.3) is 0 Å². The number of para-hydroxylation sites is 1. The highest BCUT2D eigenvalue weighted by atomic mass is 32.1. The second-order valence-electron chi connectivity index (χ2n) is 12.9. The molecule has 238 valence electrons. The van der Waals surface area contributed by atoms with Crippen molar-refractivity contribution in [2.45, 2.75) is 0 Å². The fourth-order valence-corrected chi connectivity index (χ4v) is 11.7. The number of anilines is 2.